The van der Waals surface area contributed by atoms with E-state index in [-0.39, 0.29) is 0 Å². The molecule has 0 radical (unpaired) electrons. The van der Waals surface area contributed by atoms with E-state index in [1.807, 2.05) is 6.20 Å². The van der Waals surface area contributed by atoms with Crippen molar-refractivity contribution in [2.75, 3.05) is 6.54 Å². The molecule has 11 heavy (non-hydrogen) atoms. The molecule has 0 aromatic carbocycles. The number of fused-ring (bicyclic) bond motifs is 1. The van der Waals surface area contributed by atoms with Crippen LogP contribution in [-0.4, -0.2) is 16.7 Å². The summed E-state index contributed by atoms with van der Waals surface area (Å²) in [6, 6.07) is 0. The third-order valence-corrected chi connectivity index (χ3v) is 2.17. The van der Waals surface area contributed by atoms with E-state index in [9.17, 15) is 0 Å². The van der Waals surface area contributed by atoms with E-state index in [0.29, 0.717) is 0 Å². The van der Waals surface area contributed by atoms with Crippen molar-refractivity contribution in [1.82, 2.24) is 15.5 Å². The zero-order valence-electron chi connectivity index (χ0n) is 6.72. The minimum atomic E-state index is 0.719. The molecule has 1 aliphatic rings. The summed E-state index contributed by atoms with van der Waals surface area (Å²) in [5.41, 5.74) is 2.64. The molecule has 1 aromatic rings. The molecule has 1 unspecified atom stereocenters. The van der Waals surface area contributed by atoms with Crippen LogP contribution >= 0.6 is 0 Å². The number of H-pyrrole nitrogens is 1. The van der Waals surface area contributed by atoms with Gasteiger partial charge in [-0.05, 0) is 18.9 Å². The highest BCUT2D eigenvalue weighted by molar-refractivity contribution is 5.17. The predicted octanol–water partition coefficient (Wildman–Crippen LogP) is 0.691. The highest BCUT2D eigenvalue weighted by Gasteiger charge is 2.13. The standard InChI is InChI=1S/C8H13N3/c1-6-2-8-7(4-9-3-6)5-10-11-8/h5-6,9H,2-4H2,1H3,(H,10,11). The van der Waals surface area contributed by atoms with Gasteiger partial charge in [0, 0.05) is 17.8 Å². The number of aromatic amines is 1. The summed E-state index contributed by atoms with van der Waals surface area (Å²) >= 11 is 0. The van der Waals surface area contributed by atoms with Crippen LogP contribution in [0, 0.1) is 5.92 Å². The topological polar surface area (TPSA) is 40.7 Å². The SMILES string of the molecule is CC1CNCc2cn[nH]c2C1. The molecule has 0 saturated carbocycles. The zero-order chi connectivity index (χ0) is 7.68. The molecule has 2 rings (SSSR count). The lowest BCUT2D eigenvalue weighted by Crippen LogP contribution is -2.18. The van der Waals surface area contributed by atoms with E-state index in [1.54, 1.807) is 0 Å². The van der Waals surface area contributed by atoms with Crippen LogP contribution in [0.5, 0.6) is 0 Å². The number of hydrogen-bond acceptors (Lipinski definition) is 2. The van der Waals surface area contributed by atoms with Crippen LogP contribution in [-0.2, 0) is 13.0 Å². The Morgan fingerprint density at radius 1 is 1.64 bits per heavy atom. The fourth-order valence-electron chi connectivity index (χ4n) is 1.54. The van der Waals surface area contributed by atoms with Crippen LogP contribution < -0.4 is 5.32 Å². The normalized spacial score (nSPS) is 24.3. The third kappa shape index (κ3) is 1.28. The van der Waals surface area contributed by atoms with Crippen LogP contribution in [0.1, 0.15) is 18.2 Å². The van der Waals surface area contributed by atoms with E-state index in [0.717, 1.165) is 25.4 Å². The van der Waals surface area contributed by atoms with E-state index in [1.165, 1.54) is 11.3 Å². The molecule has 0 saturated heterocycles. The van der Waals surface area contributed by atoms with Crippen LogP contribution in [0.3, 0.4) is 0 Å². The summed E-state index contributed by atoms with van der Waals surface area (Å²) in [5.74, 6) is 0.719. The highest BCUT2D eigenvalue weighted by atomic mass is 15.1. The molecular weight excluding hydrogens is 138 g/mol. The Labute approximate surface area is 66.2 Å². The Morgan fingerprint density at radius 2 is 2.55 bits per heavy atom. The van der Waals surface area contributed by atoms with E-state index >= 15 is 0 Å². The van der Waals surface area contributed by atoms with Crippen molar-refractivity contribution in [2.24, 2.45) is 5.92 Å². The van der Waals surface area contributed by atoms with E-state index < -0.39 is 0 Å². The van der Waals surface area contributed by atoms with E-state index in [4.69, 9.17) is 0 Å². The van der Waals surface area contributed by atoms with Gasteiger partial charge < -0.3 is 5.32 Å². The molecule has 60 valence electrons. The van der Waals surface area contributed by atoms with Crippen molar-refractivity contribution >= 4 is 0 Å². The molecule has 0 fully saturated rings. The summed E-state index contributed by atoms with van der Waals surface area (Å²) in [4.78, 5) is 0. The lowest BCUT2D eigenvalue weighted by molar-refractivity contribution is 0.528. The summed E-state index contributed by atoms with van der Waals surface area (Å²) in [7, 11) is 0. The van der Waals surface area contributed by atoms with Crippen molar-refractivity contribution in [3.8, 4) is 0 Å². The second-order valence-electron chi connectivity index (χ2n) is 3.31. The maximum Gasteiger partial charge on any atom is 0.0535 e. The summed E-state index contributed by atoms with van der Waals surface area (Å²) in [5, 5.41) is 10.4. The largest absolute Gasteiger partial charge is 0.312 e. The maximum atomic E-state index is 4.01. The van der Waals surface area contributed by atoms with Gasteiger partial charge in [-0.2, -0.15) is 5.10 Å². The number of rotatable bonds is 0. The molecule has 0 spiro atoms. The fraction of sp³-hybridized carbons (Fsp3) is 0.625. The zero-order valence-corrected chi connectivity index (χ0v) is 6.72. The van der Waals surface area contributed by atoms with Crippen LogP contribution in [0.25, 0.3) is 0 Å². The smallest absolute Gasteiger partial charge is 0.0535 e. The van der Waals surface area contributed by atoms with Crippen molar-refractivity contribution in [3.63, 3.8) is 0 Å². The highest BCUT2D eigenvalue weighted by Crippen LogP contribution is 2.13. The average molecular weight is 151 g/mol. The molecule has 1 atom stereocenters. The fourth-order valence-corrected chi connectivity index (χ4v) is 1.54. The first-order chi connectivity index (χ1) is 5.36. The third-order valence-electron chi connectivity index (χ3n) is 2.17. The Kier molecular flexibility index (Phi) is 1.66. The Balaban J connectivity index is 2.26. The number of hydrogen-bond donors (Lipinski definition) is 2. The molecule has 3 nitrogen and oxygen atoms in total. The monoisotopic (exact) mass is 151 g/mol. The lowest BCUT2D eigenvalue weighted by Gasteiger charge is -2.04. The molecular formula is C8H13N3. The number of nitrogens with zero attached hydrogens (tertiary/aromatic N) is 1. The molecule has 0 amide bonds. The van der Waals surface area contributed by atoms with Gasteiger partial charge in [-0.3, -0.25) is 5.10 Å². The first-order valence-electron chi connectivity index (χ1n) is 4.08. The molecule has 2 heterocycles. The predicted molar refractivity (Wildman–Crippen MR) is 43.2 cm³/mol. The number of aromatic nitrogens is 2. The first kappa shape index (κ1) is 6.85. The maximum absolute atomic E-state index is 4.01. The minimum absolute atomic E-state index is 0.719. The van der Waals surface area contributed by atoms with Gasteiger partial charge in [0.05, 0.1) is 6.20 Å². The van der Waals surface area contributed by atoms with E-state index in [2.05, 4.69) is 22.4 Å². The summed E-state index contributed by atoms with van der Waals surface area (Å²) in [6.45, 7) is 4.33. The molecule has 3 heteroatoms. The van der Waals surface area contributed by atoms with Gasteiger partial charge >= 0.3 is 0 Å². The van der Waals surface area contributed by atoms with Crippen molar-refractivity contribution in [3.05, 3.63) is 17.5 Å². The second-order valence-corrected chi connectivity index (χ2v) is 3.31. The Hall–Kier alpha value is -0.830. The minimum Gasteiger partial charge on any atom is -0.312 e. The van der Waals surface area contributed by atoms with Crippen molar-refractivity contribution in [1.29, 1.82) is 0 Å². The average Bonchev–Trinajstić information content (AvgIpc) is 2.31. The second kappa shape index (κ2) is 2.66. The molecule has 0 bridgehead atoms. The molecule has 1 aromatic heterocycles. The molecule has 2 N–H and O–H groups in total. The first-order valence-corrected chi connectivity index (χ1v) is 4.08. The molecule has 0 aliphatic carbocycles. The number of nitrogens with one attached hydrogen (secondary N) is 2. The Bertz CT molecular complexity index is 241. The van der Waals surface area contributed by atoms with Crippen molar-refractivity contribution < 1.29 is 0 Å². The van der Waals surface area contributed by atoms with Crippen LogP contribution in [0.4, 0.5) is 0 Å². The van der Waals surface area contributed by atoms with Gasteiger partial charge in [-0.15, -0.1) is 0 Å². The lowest BCUT2D eigenvalue weighted by atomic mass is 10.1. The van der Waals surface area contributed by atoms with Gasteiger partial charge in [-0.25, -0.2) is 0 Å². The quantitative estimate of drug-likeness (QED) is 0.573. The van der Waals surface area contributed by atoms with Crippen LogP contribution in [0.2, 0.25) is 0 Å². The summed E-state index contributed by atoms with van der Waals surface area (Å²) in [6.07, 6.45) is 3.04. The van der Waals surface area contributed by atoms with Gasteiger partial charge in [0.2, 0.25) is 0 Å². The molecule has 1 aliphatic heterocycles. The Morgan fingerprint density at radius 3 is 3.45 bits per heavy atom. The van der Waals surface area contributed by atoms with Gasteiger partial charge in [0.1, 0.15) is 0 Å². The van der Waals surface area contributed by atoms with Gasteiger partial charge in [-0.1, -0.05) is 6.92 Å². The van der Waals surface area contributed by atoms with Crippen molar-refractivity contribution in [2.45, 2.75) is 19.9 Å². The summed E-state index contributed by atoms with van der Waals surface area (Å²) < 4.78 is 0. The van der Waals surface area contributed by atoms with Gasteiger partial charge in [0.15, 0.2) is 0 Å². The van der Waals surface area contributed by atoms with Crippen LogP contribution in [0.15, 0.2) is 6.20 Å². The van der Waals surface area contributed by atoms with Gasteiger partial charge in [0.25, 0.3) is 0 Å².